The van der Waals surface area contributed by atoms with Crippen molar-refractivity contribution in [3.63, 3.8) is 0 Å². The topological polar surface area (TPSA) is 179 Å². The lowest BCUT2D eigenvalue weighted by molar-refractivity contribution is -0.219. The fourth-order valence-electron chi connectivity index (χ4n) is 1.65. The average molecular weight is 308 g/mol. The third-order valence-electron chi connectivity index (χ3n) is 2.83. The van der Waals surface area contributed by atoms with Gasteiger partial charge in [0.1, 0.15) is 6.10 Å². The normalized spacial score (nSPS) is 18.1. The predicted octanol–water partition coefficient (Wildman–Crippen LogP) is -2.83. The second-order valence-corrected chi connectivity index (χ2v) is 4.26. The van der Waals surface area contributed by atoms with Crippen LogP contribution >= 0.6 is 0 Å². The van der Waals surface area contributed by atoms with Gasteiger partial charge in [0.2, 0.25) is 0 Å². The molecular formula is C11H16O10. The van der Waals surface area contributed by atoms with E-state index in [-0.39, 0.29) is 0 Å². The number of carboxylic acids is 2. The minimum absolute atomic E-state index is 0.570. The molecule has 120 valence electrons. The third kappa shape index (κ3) is 3.08. The molecule has 5 N–H and O–H groups in total. The first-order valence-corrected chi connectivity index (χ1v) is 5.62. The zero-order valence-electron chi connectivity index (χ0n) is 11.3. The minimum atomic E-state index is -3.69. The highest BCUT2D eigenvalue weighted by atomic mass is 16.6. The van der Waals surface area contributed by atoms with Crippen LogP contribution in [-0.2, 0) is 23.9 Å². The van der Waals surface area contributed by atoms with Crippen LogP contribution in [0.15, 0.2) is 0 Å². The summed E-state index contributed by atoms with van der Waals surface area (Å²) in [6.45, 7) is -0.693. The van der Waals surface area contributed by atoms with Gasteiger partial charge in [-0.15, -0.1) is 0 Å². The van der Waals surface area contributed by atoms with Gasteiger partial charge in [-0.2, -0.15) is 0 Å². The summed E-state index contributed by atoms with van der Waals surface area (Å²) in [4.78, 5) is 45.6. The molecule has 0 bridgehead atoms. The summed E-state index contributed by atoms with van der Waals surface area (Å²) in [5.41, 5.74) is -7.15. The largest absolute Gasteiger partial charge is 0.479 e. The number of carboxylic acid groups (broad SMARTS) is 2. The van der Waals surface area contributed by atoms with E-state index in [9.17, 15) is 24.3 Å². The van der Waals surface area contributed by atoms with E-state index in [1.807, 2.05) is 0 Å². The van der Waals surface area contributed by atoms with Crippen LogP contribution in [0.5, 0.6) is 0 Å². The summed E-state index contributed by atoms with van der Waals surface area (Å²) >= 11 is 0. The van der Waals surface area contributed by atoms with Gasteiger partial charge in [-0.05, 0) is 13.8 Å². The van der Waals surface area contributed by atoms with Crippen LogP contribution in [0, 0.1) is 0 Å². The molecule has 3 unspecified atom stereocenters. The van der Waals surface area contributed by atoms with Gasteiger partial charge in [0, 0.05) is 0 Å². The molecule has 21 heavy (non-hydrogen) atoms. The molecule has 0 radical (unpaired) electrons. The van der Waals surface area contributed by atoms with Crippen molar-refractivity contribution < 1.29 is 49.4 Å². The average Bonchev–Trinajstić information content (AvgIpc) is 2.36. The lowest BCUT2D eigenvalue weighted by Gasteiger charge is -2.37. The molecule has 10 nitrogen and oxygen atoms in total. The van der Waals surface area contributed by atoms with Crippen molar-refractivity contribution in [2.45, 2.75) is 31.2 Å². The second-order valence-electron chi connectivity index (χ2n) is 4.26. The molecule has 0 aromatic rings. The number of ketones is 2. The number of hydrogen-bond acceptors (Lipinski definition) is 8. The monoisotopic (exact) mass is 308 g/mol. The van der Waals surface area contributed by atoms with Gasteiger partial charge < -0.3 is 30.3 Å². The Morgan fingerprint density at radius 2 is 1.52 bits per heavy atom. The van der Waals surface area contributed by atoms with Crippen LogP contribution in [0.3, 0.4) is 0 Å². The van der Waals surface area contributed by atoms with Crippen molar-refractivity contribution in [2.75, 3.05) is 13.2 Å². The molecule has 0 saturated heterocycles. The van der Waals surface area contributed by atoms with E-state index < -0.39 is 54.0 Å². The number of carbonyl (C=O) groups excluding carboxylic acids is 2. The van der Waals surface area contributed by atoms with E-state index in [4.69, 9.17) is 20.4 Å². The van der Waals surface area contributed by atoms with Crippen LogP contribution in [0.1, 0.15) is 13.8 Å². The van der Waals surface area contributed by atoms with Crippen LogP contribution in [0.25, 0.3) is 0 Å². The van der Waals surface area contributed by atoms with Gasteiger partial charge in [0.15, 0.2) is 11.6 Å². The molecule has 0 aromatic carbocycles. The van der Waals surface area contributed by atoms with Crippen LogP contribution in [0.4, 0.5) is 0 Å². The van der Waals surface area contributed by atoms with Crippen LogP contribution < -0.4 is 0 Å². The van der Waals surface area contributed by atoms with E-state index in [0.717, 1.165) is 0 Å². The zero-order valence-corrected chi connectivity index (χ0v) is 11.3. The van der Waals surface area contributed by atoms with Crippen LogP contribution in [0.2, 0.25) is 0 Å². The number of hydrogen-bond donors (Lipinski definition) is 5. The minimum Gasteiger partial charge on any atom is -0.479 e. The predicted molar refractivity (Wildman–Crippen MR) is 63.4 cm³/mol. The smallest absolute Gasteiger partial charge is 0.348 e. The number of Topliss-reactive ketones (excluding diaryl/α,β-unsaturated/α-hetero) is 2. The summed E-state index contributed by atoms with van der Waals surface area (Å²) < 4.78 is 4.58. The SMILES string of the molecule is CC(=O)C(O)(C(=O)O)C(OCC(O)CO)(C(C)=O)C(=O)O. The molecule has 0 aromatic heterocycles. The highest BCUT2D eigenvalue weighted by Crippen LogP contribution is 2.30. The molecule has 0 spiro atoms. The maximum absolute atomic E-state index is 11.6. The van der Waals surface area contributed by atoms with Crippen molar-refractivity contribution in [3.8, 4) is 0 Å². The Bertz CT molecular complexity index is 426. The molecule has 0 heterocycles. The molecule has 10 heteroatoms. The molecule has 0 saturated carbocycles. The Morgan fingerprint density at radius 3 is 1.76 bits per heavy atom. The van der Waals surface area contributed by atoms with Crippen molar-refractivity contribution in [3.05, 3.63) is 0 Å². The standard InChI is InChI=1S/C11H16O10/c1-5(13)10(20,8(16)17)11(6(2)14,9(18)19)21-4-7(15)3-12/h7,12,15,20H,3-4H2,1-2H3,(H,16,17)(H,18,19). The van der Waals surface area contributed by atoms with Gasteiger partial charge in [-0.1, -0.05) is 0 Å². The molecule has 3 atom stereocenters. The molecule has 0 aliphatic carbocycles. The Labute approximate surface area is 118 Å². The fourth-order valence-corrected chi connectivity index (χ4v) is 1.65. The summed E-state index contributed by atoms with van der Waals surface area (Å²) in [6.07, 6.45) is -1.65. The van der Waals surface area contributed by atoms with Gasteiger partial charge in [0.05, 0.1) is 13.2 Å². The Balaban J connectivity index is 6.13. The first kappa shape index (κ1) is 19.1. The highest BCUT2D eigenvalue weighted by molar-refractivity contribution is 6.21. The number of aliphatic hydroxyl groups excluding tert-OH is 2. The zero-order chi connectivity index (χ0) is 17.0. The van der Waals surface area contributed by atoms with Gasteiger partial charge in [0.25, 0.3) is 11.2 Å². The first-order chi connectivity index (χ1) is 9.48. The lowest BCUT2D eigenvalue weighted by atomic mass is 9.76. The van der Waals surface area contributed by atoms with Crippen molar-refractivity contribution in [2.24, 2.45) is 0 Å². The summed E-state index contributed by atoms with van der Waals surface area (Å²) in [5.74, 6) is -7.54. The Morgan fingerprint density at radius 1 is 1.05 bits per heavy atom. The fraction of sp³-hybridized carbons (Fsp3) is 0.636. The van der Waals surface area contributed by atoms with Crippen molar-refractivity contribution >= 4 is 23.5 Å². The second kappa shape index (κ2) is 6.72. The summed E-state index contributed by atoms with van der Waals surface area (Å²) in [7, 11) is 0. The Hall–Kier alpha value is -1.88. The number of rotatable bonds is 9. The van der Waals surface area contributed by atoms with E-state index in [2.05, 4.69) is 4.74 Å². The van der Waals surface area contributed by atoms with E-state index >= 15 is 0 Å². The summed E-state index contributed by atoms with van der Waals surface area (Å²) in [5, 5.41) is 45.9. The maximum atomic E-state index is 11.6. The maximum Gasteiger partial charge on any atom is 0.348 e. The van der Waals surface area contributed by atoms with E-state index in [1.165, 1.54) is 0 Å². The first-order valence-electron chi connectivity index (χ1n) is 5.62. The molecule has 0 aliphatic heterocycles. The van der Waals surface area contributed by atoms with E-state index in [0.29, 0.717) is 13.8 Å². The molecule has 0 amide bonds. The third-order valence-corrected chi connectivity index (χ3v) is 2.83. The van der Waals surface area contributed by atoms with E-state index in [1.54, 1.807) is 0 Å². The van der Waals surface area contributed by atoms with Gasteiger partial charge >= 0.3 is 11.9 Å². The molecular weight excluding hydrogens is 292 g/mol. The molecule has 0 aliphatic rings. The van der Waals surface area contributed by atoms with Crippen molar-refractivity contribution in [1.82, 2.24) is 0 Å². The van der Waals surface area contributed by atoms with Gasteiger partial charge in [-0.25, -0.2) is 9.59 Å². The number of carbonyl (C=O) groups is 4. The van der Waals surface area contributed by atoms with Crippen LogP contribution in [-0.4, -0.2) is 79.6 Å². The quantitative estimate of drug-likeness (QED) is 0.279. The number of aliphatic carboxylic acids is 2. The molecule has 0 rings (SSSR count). The van der Waals surface area contributed by atoms with Crippen molar-refractivity contribution in [1.29, 1.82) is 0 Å². The Kier molecular flexibility index (Phi) is 6.12. The lowest BCUT2D eigenvalue weighted by Crippen LogP contribution is -2.72. The highest BCUT2D eigenvalue weighted by Gasteiger charge is 2.69. The number of ether oxygens (including phenoxy) is 1. The summed E-state index contributed by atoms with van der Waals surface area (Å²) in [6, 6.07) is 0. The molecule has 0 fully saturated rings. The van der Waals surface area contributed by atoms with Gasteiger partial charge in [-0.3, -0.25) is 9.59 Å². The number of aliphatic hydroxyl groups is 3.